The molecule has 1 aliphatic rings. The van der Waals surface area contributed by atoms with E-state index in [1.54, 1.807) is 42.5 Å². The molecule has 0 aliphatic heterocycles. The number of benzene rings is 3. The SMILES string of the molecule is CNC(=O)c1c(-c2ccc(F)cc2)oc2cc(NS(=O)(=O)Cc3ccc(Br)cc3)c(C3CC3)cc12. The van der Waals surface area contributed by atoms with Gasteiger partial charge < -0.3 is 9.73 Å². The van der Waals surface area contributed by atoms with Crippen LogP contribution in [0.2, 0.25) is 0 Å². The Balaban J connectivity index is 1.59. The summed E-state index contributed by atoms with van der Waals surface area (Å²) in [6, 6.07) is 16.3. The summed E-state index contributed by atoms with van der Waals surface area (Å²) in [6.07, 6.45) is 1.87. The number of fused-ring (bicyclic) bond motifs is 1. The van der Waals surface area contributed by atoms with Crippen LogP contribution in [0.15, 0.2) is 69.6 Å². The Kier molecular flexibility index (Phi) is 6.14. The van der Waals surface area contributed by atoms with Crippen molar-refractivity contribution in [2.45, 2.75) is 24.5 Å². The average Bonchev–Trinajstić information content (AvgIpc) is 3.60. The van der Waals surface area contributed by atoms with Gasteiger partial charge in [0.15, 0.2) is 0 Å². The Morgan fingerprint density at radius 3 is 2.40 bits per heavy atom. The predicted octanol–water partition coefficient (Wildman–Crippen LogP) is 6.18. The smallest absolute Gasteiger partial charge is 0.255 e. The van der Waals surface area contributed by atoms with Crippen molar-refractivity contribution in [3.05, 3.63) is 87.6 Å². The molecule has 6 nitrogen and oxygen atoms in total. The fraction of sp³-hybridized carbons (Fsp3) is 0.192. The molecule has 2 N–H and O–H groups in total. The third-order valence-corrected chi connectivity index (χ3v) is 7.75. The molecule has 1 saturated carbocycles. The summed E-state index contributed by atoms with van der Waals surface area (Å²) < 4.78 is 49.2. The predicted molar refractivity (Wildman–Crippen MR) is 137 cm³/mol. The highest BCUT2D eigenvalue weighted by molar-refractivity contribution is 9.10. The van der Waals surface area contributed by atoms with Crippen molar-refractivity contribution >= 4 is 48.5 Å². The van der Waals surface area contributed by atoms with E-state index in [0.29, 0.717) is 39.1 Å². The van der Waals surface area contributed by atoms with Crippen LogP contribution in [0.4, 0.5) is 10.1 Å². The van der Waals surface area contributed by atoms with E-state index in [4.69, 9.17) is 4.42 Å². The molecule has 0 spiro atoms. The number of halogens is 2. The standard InChI is InChI=1S/C26H22BrFN2O4S/c1-29-26(31)24-21-12-20(16-4-5-16)22(30-35(32,33)14-15-2-8-18(27)9-3-15)13-23(21)34-25(24)17-6-10-19(28)11-7-17/h2-3,6-13,16,30H,4-5,14H2,1H3,(H,29,31). The second kappa shape index (κ2) is 9.13. The van der Waals surface area contributed by atoms with Crippen molar-refractivity contribution in [1.82, 2.24) is 5.32 Å². The van der Waals surface area contributed by atoms with Gasteiger partial charge in [-0.1, -0.05) is 28.1 Å². The van der Waals surface area contributed by atoms with Gasteiger partial charge in [-0.25, -0.2) is 12.8 Å². The highest BCUT2D eigenvalue weighted by atomic mass is 79.9. The molecule has 1 heterocycles. The molecule has 0 atom stereocenters. The molecule has 1 aliphatic carbocycles. The Labute approximate surface area is 210 Å². The average molecular weight is 557 g/mol. The van der Waals surface area contributed by atoms with Crippen LogP contribution in [0, 0.1) is 5.82 Å². The van der Waals surface area contributed by atoms with Gasteiger partial charge in [0.1, 0.15) is 17.2 Å². The zero-order valence-electron chi connectivity index (χ0n) is 18.8. The maximum Gasteiger partial charge on any atom is 0.255 e. The lowest BCUT2D eigenvalue weighted by Gasteiger charge is -2.13. The van der Waals surface area contributed by atoms with Gasteiger partial charge in [0.25, 0.3) is 5.91 Å². The molecule has 1 amide bonds. The highest BCUT2D eigenvalue weighted by Gasteiger charge is 2.30. The molecule has 1 aromatic heterocycles. The number of anilines is 1. The molecule has 35 heavy (non-hydrogen) atoms. The molecule has 4 aromatic rings. The maximum absolute atomic E-state index is 13.5. The van der Waals surface area contributed by atoms with Gasteiger partial charge in [-0.15, -0.1) is 0 Å². The van der Waals surface area contributed by atoms with Gasteiger partial charge >= 0.3 is 0 Å². The van der Waals surface area contributed by atoms with Gasteiger partial charge in [-0.05, 0) is 72.4 Å². The number of hydrogen-bond acceptors (Lipinski definition) is 4. The summed E-state index contributed by atoms with van der Waals surface area (Å²) in [7, 11) is -2.18. The number of furan rings is 1. The Bertz CT molecular complexity index is 1530. The molecule has 3 aromatic carbocycles. The minimum Gasteiger partial charge on any atom is -0.455 e. The van der Waals surface area contributed by atoms with Crippen molar-refractivity contribution in [2.75, 3.05) is 11.8 Å². The van der Waals surface area contributed by atoms with Crippen LogP contribution >= 0.6 is 15.9 Å². The third-order valence-electron chi connectivity index (χ3n) is 5.97. The molecule has 0 bridgehead atoms. The van der Waals surface area contributed by atoms with Crippen LogP contribution in [0.3, 0.4) is 0 Å². The first kappa shape index (κ1) is 23.6. The lowest BCUT2D eigenvalue weighted by Crippen LogP contribution is -2.18. The van der Waals surface area contributed by atoms with Gasteiger partial charge in [-0.3, -0.25) is 9.52 Å². The first-order valence-electron chi connectivity index (χ1n) is 11.1. The van der Waals surface area contributed by atoms with Crippen LogP contribution in [-0.4, -0.2) is 21.4 Å². The van der Waals surface area contributed by atoms with E-state index in [-0.39, 0.29) is 17.6 Å². The molecule has 5 rings (SSSR count). The van der Waals surface area contributed by atoms with Crippen molar-refractivity contribution < 1.29 is 22.0 Å². The van der Waals surface area contributed by atoms with E-state index in [1.807, 2.05) is 6.07 Å². The number of nitrogens with one attached hydrogen (secondary N) is 2. The molecular formula is C26H22BrFN2O4S. The summed E-state index contributed by atoms with van der Waals surface area (Å²) in [6.45, 7) is 0. The molecular weight excluding hydrogens is 535 g/mol. The van der Waals surface area contributed by atoms with Crippen LogP contribution in [0.1, 0.15) is 40.2 Å². The topological polar surface area (TPSA) is 88.4 Å². The van der Waals surface area contributed by atoms with Crippen molar-refractivity contribution in [3.8, 4) is 11.3 Å². The quantitative estimate of drug-likeness (QED) is 0.284. The van der Waals surface area contributed by atoms with E-state index < -0.39 is 15.8 Å². The summed E-state index contributed by atoms with van der Waals surface area (Å²) >= 11 is 3.36. The first-order valence-corrected chi connectivity index (χ1v) is 13.5. The zero-order chi connectivity index (χ0) is 24.7. The molecule has 1 fully saturated rings. The minimum absolute atomic E-state index is 0.176. The number of amides is 1. The van der Waals surface area contributed by atoms with Crippen LogP contribution < -0.4 is 10.0 Å². The third kappa shape index (κ3) is 4.97. The first-order chi connectivity index (χ1) is 16.7. The van der Waals surface area contributed by atoms with Crippen molar-refractivity contribution in [3.63, 3.8) is 0 Å². The molecule has 0 radical (unpaired) electrons. The summed E-state index contributed by atoms with van der Waals surface area (Å²) in [4.78, 5) is 12.8. The molecule has 180 valence electrons. The fourth-order valence-corrected chi connectivity index (χ4v) is 5.62. The van der Waals surface area contributed by atoms with Gasteiger partial charge in [-0.2, -0.15) is 0 Å². The second-order valence-corrected chi connectivity index (χ2v) is 11.2. The number of hydrogen-bond donors (Lipinski definition) is 2. The van der Waals surface area contributed by atoms with E-state index in [2.05, 4.69) is 26.0 Å². The van der Waals surface area contributed by atoms with Crippen LogP contribution in [-0.2, 0) is 15.8 Å². The normalized spacial score (nSPS) is 13.7. The second-order valence-electron chi connectivity index (χ2n) is 8.59. The van der Waals surface area contributed by atoms with Gasteiger partial charge in [0, 0.05) is 28.5 Å². The van der Waals surface area contributed by atoms with E-state index in [9.17, 15) is 17.6 Å². The van der Waals surface area contributed by atoms with Gasteiger partial charge in [0.05, 0.1) is 17.0 Å². The lowest BCUT2D eigenvalue weighted by molar-refractivity contribution is 0.0964. The number of carbonyl (C=O) groups is 1. The molecule has 0 saturated heterocycles. The maximum atomic E-state index is 13.5. The number of rotatable bonds is 7. The van der Waals surface area contributed by atoms with E-state index in [0.717, 1.165) is 22.9 Å². The summed E-state index contributed by atoms with van der Waals surface area (Å²) in [5.41, 5.74) is 3.18. The van der Waals surface area contributed by atoms with E-state index >= 15 is 0 Å². The fourth-order valence-electron chi connectivity index (χ4n) is 4.14. The van der Waals surface area contributed by atoms with Crippen LogP contribution in [0.25, 0.3) is 22.3 Å². The Morgan fingerprint density at radius 1 is 1.09 bits per heavy atom. The Hall–Kier alpha value is -3.17. The number of sulfonamides is 1. The summed E-state index contributed by atoms with van der Waals surface area (Å²) in [5, 5.41) is 3.23. The number of carbonyl (C=O) groups excluding carboxylic acids is 1. The monoisotopic (exact) mass is 556 g/mol. The summed E-state index contributed by atoms with van der Waals surface area (Å²) in [5.74, 6) is -0.411. The largest absolute Gasteiger partial charge is 0.455 e. The van der Waals surface area contributed by atoms with Gasteiger partial charge in [0.2, 0.25) is 10.0 Å². The van der Waals surface area contributed by atoms with E-state index in [1.165, 1.54) is 19.2 Å². The molecule has 9 heteroatoms. The minimum atomic E-state index is -3.71. The van der Waals surface area contributed by atoms with Crippen molar-refractivity contribution in [1.29, 1.82) is 0 Å². The Morgan fingerprint density at radius 2 is 1.77 bits per heavy atom. The zero-order valence-corrected chi connectivity index (χ0v) is 21.2. The lowest BCUT2D eigenvalue weighted by atomic mass is 10.0. The van der Waals surface area contributed by atoms with Crippen LogP contribution in [0.5, 0.6) is 0 Å². The highest BCUT2D eigenvalue weighted by Crippen LogP contribution is 2.47. The van der Waals surface area contributed by atoms with Crippen molar-refractivity contribution in [2.24, 2.45) is 0 Å². The molecule has 0 unspecified atom stereocenters.